The lowest BCUT2D eigenvalue weighted by molar-refractivity contribution is 0.211. The first-order valence-electron chi connectivity index (χ1n) is 5.04. The second-order valence-electron chi connectivity index (χ2n) is 4.77. The quantitative estimate of drug-likeness (QED) is 0.866. The largest absolute Gasteiger partial charge is 0.330 e. The van der Waals surface area contributed by atoms with Gasteiger partial charge in [-0.15, -0.1) is 11.3 Å². The van der Waals surface area contributed by atoms with Gasteiger partial charge in [-0.2, -0.15) is 0 Å². The zero-order chi connectivity index (χ0) is 11.5. The molecule has 0 aromatic carbocycles. The van der Waals surface area contributed by atoms with Crippen molar-refractivity contribution in [2.24, 2.45) is 11.1 Å². The zero-order valence-corrected chi connectivity index (χ0v) is 11.2. The van der Waals surface area contributed by atoms with Crippen molar-refractivity contribution in [3.63, 3.8) is 0 Å². The van der Waals surface area contributed by atoms with Crippen molar-refractivity contribution in [3.8, 4) is 0 Å². The third-order valence-electron chi connectivity index (χ3n) is 2.30. The minimum absolute atomic E-state index is 0.176. The number of thiophene rings is 1. The van der Waals surface area contributed by atoms with Crippen LogP contribution in [0.25, 0.3) is 0 Å². The van der Waals surface area contributed by atoms with Gasteiger partial charge in [0.1, 0.15) is 0 Å². The number of nitrogens with two attached hydrogens (primary N) is 1. The summed E-state index contributed by atoms with van der Waals surface area (Å²) in [5.74, 6) is 0. The minimum atomic E-state index is 0.176. The van der Waals surface area contributed by atoms with Crippen LogP contribution in [0.4, 0.5) is 0 Å². The molecular formula is C11H19ClN2S. The Morgan fingerprint density at radius 2 is 2.20 bits per heavy atom. The molecule has 0 unspecified atom stereocenters. The molecule has 0 aliphatic rings. The summed E-state index contributed by atoms with van der Waals surface area (Å²) < 4.78 is 0. The van der Waals surface area contributed by atoms with Gasteiger partial charge in [0, 0.05) is 23.3 Å². The predicted molar refractivity (Wildman–Crippen MR) is 68.5 cm³/mol. The third kappa shape index (κ3) is 4.51. The molecule has 0 aliphatic heterocycles. The fraction of sp³-hybridized carbons (Fsp3) is 0.636. The molecular weight excluding hydrogens is 228 g/mol. The molecule has 0 saturated carbocycles. The van der Waals surface area contributed by atoms with Crippen molar-refractivity contribution in [1.29, 1.82) is 0 Å². The first-order chi connectivity index (χ1) is 6.93. The van der Waals surface area contributed by atoms with E-state index in [1.807, 2.05) is 11.4 Å². The van der Waals surface area contributed by atoms with E-state index in [-0.39, 0.29) is 5.41 Å². The lowest BCUT2D eigenvalue weighted by Crippen LogP contribution is -2.36. The lowest BCUT2D eigenvalue weighted by atomic mass is 9.93. The van der Waals surface area contributed by atoms with Gasteiger partial charge in [0.25, 0.3) is 0 Å². The molecule has 0 spiro atoms. The Bertz CT molecular complexity index is 309. The van der Waals surface area contributed by atoms with Crippen molar-refractivity contribution in [1.82, 2.24) is 4.90 Å². The van der Waals surface area contributed by atoms with E-state index in [0.717, 1.165) is 18.1 Å². The molecule has 0 fully saturated rings. The van der Waals surface area contributed by atoms with Crippen LogP contribution in [0.5, 0.6) is 0 Å². The molecule has 4 heteroatoms. The number of halogens is 1. The molecule has 1 aromatic heterocycles. The topological polar surface area (TPSA) is 29.3 Å². The number of hydrogen-bond acceptors (Lipinski definition) is 3. The molecule has 15 heavy (non-hydrogen) atoms. The van der Waals surface area contributed by atoms with Crippen LogP contribution >= 0.6 is 22.9 Å². The van der Waals surface area contributed by atoms with Gasteiger partial charge in [-0.1, -0.05) is 25.4 Å². The summed E-state index contributed by atoms with van der Waals surface area (Å²) in [7, 11) is 2.12. The van der Waals surface area contributed by atoms with E-state index in [1.165, 1.54) is 4.88 Å². The normalized spacial score (nSPS) is 12.4. The van der Waals surface area contributed by atoms with Crippen LogP contribution in [-0.2, 0) is 6.54 Å². The molecule has 86 valence electrons. The molecule has 0 radical (unpaired) electrons. The smallest absolute Gasteiger partial charge is 0.0516 e. The zero-order valence-electron chi connectivity index (χ0n) is 9.59. The maximum atomic E-state index is 5.88. The van der Waals surface area contributed by atoms with Crippen LogP contribution in [0, 0.1) is 5.41 Å². The molecule has 1 rings (SSSR count). The van der Waals surface area contributed by atoms with Crippen LogP contribution in [0.15, 0.2) is 11.4 Å². The lowest BCUT2D eigenvalue weighted by Gasteiger charge is -2.28. The Hall–Kier alpha value is -0.0900. The van der Waals surface area contributed by atoms with Crippen LogP contribution in [0.2, 0.25) is 5.02 Å². The highest BCUT2D eigenvalue weighted by Crippen LogP contribution is 2.22. The Kier molecular flexibility index (Phi) is 4.59. The van der Waals surface area contributed by atoms with Gasteiger partial charge in [-0.05, 0) is 25.1 Å². The summed E-state index contributed by atoms with van der Waals surface area (Å²) in [6, 6.07) is 2.03. The van der Waals surface area contributed by atoms with Crippen LogP contribution in [0.3, 0.4) is 0 Å². The van der Waals surface area contributed by atoms with Gasteiger partial charge in [-0.25, -0.2) is 0 Å². The highest BCUT2D eigenvalue weighted by molar-refractivity contribution is 7.10. The van der Waals surface area contributed by atoms with Crippen LogP contribution in [0.1, 0.15) is 18.7 Å². The first-order valence-corrected chi connectivity index (χ1v) is 6.30. The van der Waals surface area contributed by atoms with Gasteiger partial charge in [-0.3, -0.25) is 0 Å². The highest BCUT2D eigenvalue weighted by atomic mass is 35.5. The monoisotopic (exact) mass is 246 g/mol. The third-order valence-corrected chi connectivity index (χ3v) is 3.57. The van der Waals surface area contributed by atoms with Crippen molar-refractivity contribution in [3.05, 3.63) is 21.3 Å². The van der Waals surface area contributed by atoms with E-state index in [4.69, 9.17) is 17.3 Å². The van der Waals surface area contributed by atoms with Crippen molar-refractivity contribution < 1.29 is 0 Å². The van der Waals surface area contributed by atoms with E-state index in [9.17, 15) is 0 Å². The van der Waals surface area contributed by atoms with E-state index in [0.29, 0.717) is 6.54 Å². The van der Waals surface area contributed by atoms with Crippen LogP contribution in [-0.4, -0.2) is 25.0 Å². The second kappa shape index (κ2) is 5.30. The molecule has 0 saturated heterocycles. The molecule has 0 amide bonds. The Morgan fingerprint density at radius 1 is 1.53 bits per heavy atom. The van der Waals surface area contributed by atoms with E-state index < -0.39 is 0 Å². The summed E-state index contributed by atoms with van der Waals surface area (Å²) in [6.45, 7) is 7.03. The SMILES string of the molecule is CN(Cc1cc(Cl)cs1)CC(C)(C)CN. The number of nitrogens with zero attached hydrogens (tertiary/aromatic N) is 1. The molecule has 0 aliphatic carbocycles. The molecule has 1 aromatic rings. The van der Waals surface area contributed by atoms with Crippen molar-refractivity contribution in [2.75, 3.05) is 20.1 Å². The van der Waals surface area contributed by atoms with Gasteiger partial charge in [0.05, 0.1) is 5.02 Å². The van der Waals surface area contributed by atoms with Gasteiger partial charge in [0.15, 0.2) is 0 Å². The van der Waals surface area contributed by atoms with Crippen molar-refractivity contribution >= 4 is 22.9 Å². The van der Waals surface area contributed by atoms with E-state index in [1.54, 1.807) is 11.3 Å². The van der Waals surface area contributed by atoms with E-state index >= 15 is 0 Å². The summed E-state index contributed by atoms with van der Waals surface area (Å²) in [5.41, 5.74) is 5.88. The van der Waals surface area contributed by atoms with Crippen molar-refractivity contribution in [2.45, 2.75) is 20.4 Å². The molecule has 0 bridgehead atoms. The first kappa shape index (κ1) is 13.0. The summed E-state index contributed by atoms with van der Waals surface area (Å²) >= 11 is 7.58. The average molecular weight is 247 g/mol. The molecule has 1 heterocycles. The molecule has 2 N–H and O–H groups in total. The number of hydrogen-bond donors (Lipinski definition) is 1. The minimum Gasteiger partial charge on any atom is -0.330 e. The Labute approximate surface area is 101 Å². The maximum Gasteiger partial charge on any atom is 0.0516 e. The summed E-state index contributed by atoms with van der Waals surface area (Å²) in [6.07, 6.45) is 0. The van der Waals surface area contributed by atoms with Gasteiger partial charge in [0.2, 0.25) is 0 Å². The predicted octanol–water partition coefficient (Wildman–Crippen LogP) is 2.82. The highest BCUT2D eigenvalue weighted by Gasteiger charge is 2.18. The fourth-order valence-corrected chi connectivity index (χ4v) is 2.71. The molecule has 2 nitrogen and oxygen atoms in total. The standard InChI is InChI=1S/C11H19ClN2S/c1-11(2,7-13)8-14(3)5-10-4-9(12)6-15-10/h4,6H,5,7-8,13H2,1-3H3. The van der Waals surface area contributed by atoms with Gasteiger partial charge < -0.3 is 10.6 Å². The van der Waals surface area contributed by atoms with E-state index in [2.05, 4.69) is 25.8 Å². The average Bonchev–Trinajstić information content (AvgIpc) is 2.50. The maximum absolute atomic E-state index is 5.88. The fourth-order valence-electron chi connectivity index (χ4n) is 1.55. The summed E-state index contributed by atoms with van der Waals surface area (Å²) in [4.78, 5) is 3.59. The summed E-state index contributed by atoms with van der Waals surface area (Å²) in [5, 5.41) is 2.81. The Balaban J connectivity index is 2.46. The van der Waals surface area contributed by atoms with Gasteiger partial charge >= 0.3 is 0 Å². The van der Waals surface area contributed by atoms with Crippen LogP contribution < -0.4 is 5.73 Å². The molecule has 0 atom stereocenters. The number of rotatable bonds is 5. The second-order valence-corrected chi connectivity index (χ2v) is 6.20. The Morgan fingerprint density at radius 3 is 2.67 bits per heavy atom.